The summed E-state index contributed by atoms with van der Waals surface area (Å²) in [6.07, 6.45) is 1.51. The van der Waals surface area contributed by atoms with Gasteiger partial charge in [-0.2, -0.15) is 0 Å². The van der Waals surface area contributed by atoms with Gasteiger partial charge in [0.15, 0.2) is 0 Å². The highest BCUT2D eigenvalue weighted by Gasteiger charge is 2.53. The highest BCUT2D eigenvalue weighted by molar-refractivity contribution is 5.80. The minimum absolute atomic E-state index is 0.165. The average molecular weight is 331 g/mol. The van der Waals surface area contributed by atoms with E-state index in [9.17, 15) is 4.79 Å². The van der Waals surface area contributed by atoms with Crippen LogP contribution in [0.4, 0.5) is 4.39 Å². The van der Waals surface area contributed by atoms with Gasteiger partial charge in [0.25, 0.3) is 0 Å². The molecule has 1 atom stereocenters. The first-order chi connectivity index (χ1) is 10.1. The zero-order chi connectivity index (χ0) is 18.6. The molecule has 0 N–H and O–H groups in total. The van der Waals surface area contributed by atoms with E-state index in [-0.39, 0.29) is 17.9 Å². The van der Waals surface area contributed by atoms with Crippen LogP contribution in [0.2, 0.25) is 0 Å². The molecule has 0 heterocycles. The van der Waals surface area contributed by atoms with E-state index in [1.54, 1.807) is 20.8 Å². The number of ether oxygens (including phenoxy) is 1. The molecule has 1 unspecified atom stereocenters. The molecule has 0 aromatic heterocycles. The van der Waals surface area contributed by atoms with E-state index >= 15 is 4.39 Å². The van der Waals surface area contributed by atoms with Crippen molar-refractivity contribution in [2.75, 3.05) is 0 Å². The Morgan fingerprint density at radius 2 is 1.30 bits per heavy atom. The lowest BCUT2D eigenvalue weighted by Gasteiger charge is -2.40. The second-order valence-corrected chi connectivity index (χ2v) is 10.1. The molecular formula is C20H39FO2. The lowest BCUT2D eigenvalue weighted by Crippen LogP contribution is -2.50. The molecule has 0 aromatic rings. The van der Waals surface area contributed by atoms with E-state index in [1.165, 1.54) is 0 Å². The fourth-order valence-corrected chi connectivity index (χ4v) is 2.86. The number of rotatable bonds is 7. The van der Waals surface area contributed by atoms with Gasteiger partial charge in [0.2, 0.25) is 5.67 Å². The molecule has 3 heteroatoms. The average Bonchev–Trinajstić information content (AvgIpc) is 2.22. The van der Waals surface area contributed by atoms with Crippen LogP contribution in [0.1, 0.15) is 88.5 Å². The van der Waals surface area contributed by atoms with E-state index in [4.69, 9.17) is 4.74 Å². The van der Waals surface area contributed by atoms with Crippen molar-refractivity contribution in [2.24, 2.45) is 22.7 Å². The van der Waals surface area contributed by atoms with Crippen LogP contribution in [0.5, 0.6) is 0 Å². The summed E-state index contributed by atoms with van der Waals surface area (Å²) in [6, 6.07) is 0. The predicted molar refractivity (Wildman–Crippen MR) is 96.2 cm³/mol. The van der Waals surface area contributed by atoms with E-state index in [0.717, 1.165) is 12.8 Å². The maximum atomic E-state index is 15.7. The molecule has 0 spiro atoms. The maximum absolute atomic E-state index is 15.7. The third-order valence-electron chi connectivity index (χ3n) is 4.03. The zero-order valence-corrected chi connectivity index (χ0v) is 17.0. The van der Waals surface area contributed by atoms with Gasteiger partial charge in [-0.1, -0.05) is 69.2 Å². The van der Waals surface area contributed by atoms with E-state index in [1.807, 2.05) is 20.8 Å². The molecule has 0 fully saturated rings. The fraction of sp³-hybridized carbons (Fsp3) is 0.950. The Labute approximate surface area is 143 Å². The normalized spacial score (nSPS) is 16.1. The Hall–Kier alpha value is -0.600. The summed E-state index contributed by atoms with van der Waals surface area (Å²) in [5.74, 6) is 0.141. The molecule has 138 valence electrons. The van der Waals surface area contributed by atoms with Crippen molar-refractivity contribution < 1.29 is 13.9 Å². The first kappa shape index (κ1) is 22.4. The van der Waals surface area contributed by atoms with Crippen LogP contribution in [-0.4, -0.2) is 17.7 Å². The number of alkyl halides is 1. The number of halogens is 1. The summed E-state index contributed by atoms with van der Waals surface area (Å²) in [5.41, 5.74) is -3.05. The van der Waals surface area contributed by atoms with Crippen LogP contribution in [-0.2, 0) is 9.53 Å². The molecule has 0 aromatic carbocycles. The van der Waals surface area contributed by atoms with Crippen LogP contribution < -0.4 is 0 Å². The van der Waals surface area contributed by atoms with Crippen molar-refractivity contribution in [1.82, 2.24) is 0 Å². The SMILES string of the molecule is CC(C)CC(CC(C)C)OC(=O)C(F)(CC(C)(C)C)C(C)(C)C. The van der Waals surface area contributed by atoms with Crippen molar-refractivity contribution in [3.8, 4) is 0 Å². The van der Waals surface area contributed by atoms with Gasteiger partial charge in [-0.3, -0.25) is 0 Å². The quantitative estimate of drug-likeness (QED) is 0.521. The smallest absolute Gasteiger partial charge is 0.344 e. The second kappa shape index (κ2) is 7.98. The highest BCUT2D eigenvalue weighted by Crippen LogP contribution is 2.44. The van der Waals surface area contributed by atoms with E-state index in [0.29, 0.717) is 11.8 Å². The number of carbonyl (C=O) groups is 1. The van der Waals surface area contributed by atoms with Crippen molar-refractivity contribution in [3.63, 3.8) is 0 Å². The summed E-state index contributed by atoms with van der Waals surface area (Å²) < 4.78 is 21.4. The Bertz CT molecular complexity index is 364. The van der Waals surface area contributed by atoms with Gasteiger partial charge in [-0.15, -0.1) is 0 Å². The molecule has 23 heavy (non-hydrogen) atoms. The van der Waals surface area contributed by atoms with Gasteiger partial charge in [0.1, 0.15) is 6.10 Å². The van der Waals surface area contributed by atoms with Crippen LogP contribution >= 0.6 is 0 Å². The molecule has 0 amide bonds. The van der Waals surface area contributed by atoms with Gasteiger partial charge < -0.3 is 4.74 Å². The number of esters is 1. The van der Waals surface area contributed by atoms with E-state index < -0.39 is 17.1 Å². The molecule has 0 saturated carbocycles. The Morgan fingerprint density at radius 3 is 1.57 bits per heavy atom. The maximum Gasteiger partial charge on any atom is 0.344 e. The van der Waals surface area contributed by atoms with Crippen LogP contribution in [0.15, 0.2) is 0 Å². The molecule has 0 aliphatic rings. The Morgan fingerprint density at radius 1 is 0.913 bits per heavy atom. The van der Waals surface area contributed by atoms with Crippen LogP contribution in [0.3, 0.4) is 0 Å². The van der Waals surface area contributed by atoms with Gasteiger partial charge in [0, 0.05) is 5.41 Å². The molecule has 0 aliphatic carbocycles. The van der Waals surface area contributed by atoms with E-state index in [2.05, 4.69) is 27.7 Å². The number of hydrogen-bond acceptors (Lipinski definition) is 2. The lowest BCUT2D eigenvalue weighted by atomic mass is 9.69. The largest absolute Gasteiger partial charge is 0.460 e. The van der Waals surface area contributed by atoms with Crippen LogP contribution in [0, 0.1) is 22.7 Å². The summed E-state index contributed by atoms with van der Waals surface area (Å²) in [4.78, 5) is 12.8. The zero-order valence-electron chi connectivity index (χ0n) is 17.0. The van der Waals surface area contributed by atoms with Crippen molar-refractivity contribution >= 4 is 5.97 Å². The first-order valence-electron chi connectivity index (χ1n) is 8.98. The first-order valence-corrected chi connectivity index (χ1v) is 8.98. The number of carbonyl (C=O) groups excluding carboxylic acids is 1. The molecule has 2 nitrogen and oxygen atoms in total. The Kier molecular flexibility index (Phi) is 7.78. The lowest BCUT2D eigenvalue weighted by molar-refractivity contribution is -0.177. The molecule has 0 bridgehead atoms. The standard InChI is InChI=1S/C20H39FO2/c1-14(2)11-16(12-15(3)4)23-17(22)20(21,19(8,9)10)13-18(5,6)7/h14-16H,11-13H2,1-10H3. The van der Waals surface area contributed by atoms with Gasteiger partial charge in [0.05, 0.1) is 0 Å². The highest BCUT2D eigenvalue weighted by atomic mass is 19.1. The topological polar surface area (TPSA) is 26.3 Å². The van der Waals surface area contributed by atoms with Gasteiger partial charge >= 0.3 is 5.97 Å². The van der Waals surface area contributed by atoms with Crippen LogP contribution in [0.25, 0.3) is 0 Å². The molecule has 0 aliphatic heterocycles. The third-order valence-corrected chi connectivity index (χ3v) is 4.03. The fourth-order valence-electron chi connectivity index (χ4n) is 2.86. The molecule has 0 saturated heterocycles. The van der Waals surface area contributed by atoms with Crippen molar-refractivity contribution in [1.29, 1.82) is 0 Å². The Balaban J connectivity index is 5.35. The summed E-state index contributed by atoms with van der Waals surface area (Å²) in [6.45, 7) is 19.6. The summed E-state index contributed by atoms with van der Waals surface area (Å²) in [7, 11) is 0. The monoisotopic (exact) mass is 330 g/mol. The predicted octanol–water partition coefficient (Wildman–Crippen LogP) is 6.18. The minimum Gasteiger partial charge on any atom is -0.460 e. The minimum atomic E-state index is -1.97. The van der Waals surface area contributed by atoms with Gasteiger partial charge in [-0.25, -0.2) is 9.18 Å². The summed E-state index contributed by atoms with van der Waals surface area (Å²) >= 11 is 0. The third kappa shape index (κ3) is 7.67. The molecular weight excluding hydrogens is 291 g/mol. The van der Waals surface area contributed by atoms with Gasteiger partial charge in [-0.05, 0) is 36.5 Å². The van der Waals surface area contributed by atoms with Crippen molar-refractivity contribution in [3.05, 3.63) is 0 Å². The molecule has 0 rings (SSSR count). The number of hydrogen-bond donors (Lipinski definition) is 0. The summed E-state index contributed by atoms with van der Waals surface area (Å²) in [5, 5.41) is 0. The second-order valence-electron chi connectivity index (χ2n) is 10.1. The van der Waals surface area contributed by atoms with Crippen molar-refractivity contribution in [2.45, 2.75) is 100 Å². The molecule has 0 radical (unpaired) electrons.